The van der Waals surface area contributed by atoms with E-state index in [1.165, 1.54) is 17.4 Å². The van der Waals surface area contributed by atoms with Gasteiger partial charge in [0.2, 0.25) is 5.75 Å². The zero-order valence-electron chi connectivity index (χ0n) is 11.6. The van der Waals surface area contributed by atoms with Crippen LogP contribution in [-0.4, -0.2) is 28.3 Å². The maximum atomic E-state index is 11.1. The van der Waals surface area contributed by atoms with Crippen molar-refractivity contribution in [1.82, 2.24) is 10.2 Å². The van der Waals surface area contributed by atoms with Crippen molar-refractivity contribution in [2.24, 2.45) is 5.73 Å². The summed E-state index contributed by atoms with van der Waals surface area (Å²) >= 11 is 1.41. The van der Waals surface area contributed by atoms with Crippen LogP contribution < -0.4 is 10.5 Å². The van der Waals surface area contributed by atoms with Gasteiger partial charge in [0.1, 0.15) is 5.01 Å². The SMILES string of the molecule is CCOc1c(-c2nnc(CCCN)s2)cccc1[N+](=O)[O-]. The first kappa shape index (κ1) is 15.3. The standard InChI is InChI=1S/C13H16N4O3S/c1-2-20-12-9(5-3-6-10(12)17(18)19)13-16-15-11(21-13)7-4-8-14/h3,5-6H,2,4,7-8,14H2,1H3. The molecule has 0 atom stereocenters. The fourth-order valence-corrected chi connectivity index (χ4v) is 2.75. The number of hydrogen-bond donors (Lipinski definition) is 1. The predicted molar refractivity (Wildman–Crippen MR) is 80.5 cm³/mol. The van der Waals surface area contributed by atoms with Crippen LogP contribution in [0.25, 0.3) is 10.6 Å². The van der Waals surface area contributed by atoms with Gasteiger partial charge in [0.15, 0.2) is 5.01 Å². The predicted octanol–water partition coefficient (Wildman–Crippen LogP) is 2.40. The summed E-state index contributed by atoms with van der Waals surface area (Å²) in [6.07, 6.45) is 1.59. The van der Waals surface area contributed by atoms with Crippen LogP contribution in [0.5, 0.6) is 5.75 Å². The maximum Gasteiger partial charge on any atom is 0.311 e. The number of nitrogens with two attached hydrogens (primary N) is 1. The molecule has 21 heavy (non-hydrogen) atoms. The van der Waals surface area contributed by atoms with Crippen molar-refractivity contribution in [2.45, 2.75) is 19.8 Å². The molecule has 0 radical (unpaired) electrons. The molecule has 0 fully saturated rings. The Morgan fingerprint density at radius 2 is 2.24 bits per heavy atom. The Hall–Kier alpha value is -2.06. The Kier molecular flexibility index (Phi) is 5.18. The molecule has 112 valence electrons. The average Bonchev–Trinajstić information content (AvgIpc) is 2.94. The molecule has 1 aromatic heterocycles. The van der Waals surface area contributed by atoms with Gasteiger partial charge >= 0.3 is 5.69 Å². The molecule has 0 saturated carbocycles. The highest BCUT2D eigenvalue weighted by Crippen LogP contribution is 2.39. The van der Waals surface area contributed by atoms with Gasteiger partial charge in [-0.3, -0.25) is 10.1 Å². The Morgan fingerprint density at radius 1 is 1.43 bits per heavy atom. The summed E-state index contributed by atoms with van der Waals surface area (Å²) in [5.41, 5.74) is 6.01. The highest BCUT2D eigenvalue weighted by Gasteiger charge is 2.22. The molecule has 0 aliphatic rings. The molecule has 0 unspecified atom stereocenters. The summed E-state index contributed by atoms with van der Waals surface area (Å²) < 4.78 is 5.45. The Bertz CT molecular complexity index is 630. The van der Waals surface area contributed by atoms with Crippen LogP contribution in [0.1, 0.15) is 18.4 Å². The van der Waals surface area contributed by atoms with E-state index in [2.05, 4.69) is 10.2 Å². The average molecular weight is 308 g/mol. The summed E-state index contributed by atoms with van der Waals surface area (Å²) in [6, 6.07) is 4.80. The van der Waals surface area contributed by atoms with Crippen LogP contribution in [0.15, 0.2) is 18.2 Å². The first-order valence-corrected chi connectivity index (χ1v) is 7.42. The molecule has 0 amide bonds. The van der Waals surface area contributed by atoms with Gasteiger partial charge in [-0.2, -0.15) is 0 Å². The summed E-state index contributed by atoms with van der Waals surface area (Å²) in [5, 5.41) is 20.8. The second kappa shape index (κ2) is 7.09. The fraction of sp³-hybridized carbons (Fsp3) is 0.385. The lowest BCUT2D eigenvalue weighted by Crippen LogP contribution is -1.99. The zero-order chi connectivity index (χ0) is 15.2. The second-order valence-electron chi connectivity index (χ2n) is 4.24. The summed E-state index contributed by atoms with van der Waals surface area (Å²) in [7, 11) is 0. The highest BCUT2D eigenvalue weighted by atomic mass is 32.1. The number of nitro groups is 1. The molecule has 0 spiro atoms. The molecule has 0 aliphatic heterocycles. The summed E-state index contributed by atoms with van der Waals surface area (Å²) in [4.78, 5) is 10.7. The van der Waals surface area contributed by atoms with Crippen molar-refractivity contribution in [2.75, 3.05) is 13.2 Å². The number of nitrogens with zero attached hydrogens (tertiary/aromatic N) is 3. The number of benzene rings is 1. The molecular weight excluding hydrogens is 292 g/mol. The number of para-hydroxylation sites is 1. The smallest absolute Gasteiger partial charge is 0.311 e. The van der Waals surface area contributed by atoms with Gasteiger partial charge in [-0.1, -0.05) is 17.4 Å². The van der Waals surface area contributed by atoms with Crippen LogP contribution in [0.2, 0.25) is 0 Å². The lowest BCUT2D eigenvalue weighted by molar-refractivity contribution is -0.385. The molecule has 2 aromatic rings. The van der Waals surface area contributed by atoms with E-state index in [4.69, 9.17) is 10.5 Å². The number of nitro benzene ring substituents is 1. The Labute approximate surface area is 125 Å². The first-order chi connectivity index (χ1) is 10.2. The van der Waals surface area contributed by atoms with Crippen molar-refractivity contribution in [3.63, 3.8) is 0 Å². The monoisotopic (exact) mass is 308 g/mol. The maximum absolute atomic E-state index is 11.1. The quantitative estimate of drug-likeness (QED) is 0.622. The van der Waals surface area contributed by atoms with Gasteiger partial charge in [-0.05, 0) is 26.0 Å². The van der Waals surface area contributed by atoms with E-state index in [0.717, 1.165) is 17.8 Å². The number of hydrogen-bond acceptors (Lipinski definition) is 7. The van der Waals surface area contributed by atoms with Crippen molar-refractivity contribution in [3.05, 3.63) is 33.3 Å². The van der Waals surface area contributed by atoms with Crippen molar-refractivity contribution >= 4 is 17.0 Å². The van der Waals surface area contributed by atoms with E-state index >= 15 is 0 Å². The van der Waals surface area contributed by atoms with Gasteiger partial charge in [-0.15, -0.1) is 10.2 Å². The molecule has 7 nitrogen and oxygen atoms in total. The number of ether oxygens (including phenoxy) is 1. The van der Waals surface area contributed by atoms with Gasteiger partial charge in [0.05, 0.1) is 17.1 Å². The van der Waals surface area contributed by atoms with Crippen LogP contribution in [-0.2, 0) is 6.42 Å². The molecule has 1 aromatic carbocycles. The highest BCUT2D eigenvalue weighted by molar-refractivity contribution is 7.14. The number of rotatable bonds is 7. The molecule has 8 heteroatoms. The normalized spacial score (nSPS) is 10.6. The van der Waals surface area contributed by atoms with E-state index in [9.17, 15) is 10.1 Å². The van der Waals surface area contributed by atoms with Crippen LogP contribution >= 0.6 is 11.3 Å². The second-order valence-corrected chi connectivity index (χ2v) is 5.30. The summed E-state index contributed by atoms with van der Waals surface area (Å²) in [6.45, 7) is 2.72. The van der Waals surface area contributed by atoms with Crippen LogP contribution in [0, 0.1) is 10.1 Å². The fourth-order valence-electron chi connectivity index (χ4n) is 1.85. The topological polar surface area (TPSA) is 104 Å². The molecule has 2 N–H and O–H groups in total. The Morgan fingerprint density at radius 3 is 2.90 bits per heavy atom. The van der Waals surface area contributed by atoms with Gasteiger partial charge in [0.25, 0.3) is 0 Å². The molecule has 2 rings (SSSR count). The van der Waals surface area contributed by atoms with Crippen molar-refractivity contribution in [3.8, 4) is 16.3 Å². The van der Waals surface area contributed by atoms with Gasteiger partial charge < -0.3 is 10.5 Å². The van der Waals surface area contributed by atoms with Gasteiger partial charge in [-0.25, -0.2) is 0 Å². The third-order valence-corrected chi connectivity index (χ3v) is 3.79. The molecule has 0 bridgehead atoms. The van der Waals surface area contributed by atoms with E-state index in [-0.39, 0.29) is 11.4 Å². The van der Waals surface area contributed by atoms with E-state index in [1.54, 1.807) is 19.1 Å². The minimum Gasteiger partial charge on any atom is -0.487 e. The first-order valence-electron chi connectivity index (χ1n) is 6.60. The van der Waals surface area contributed by atoms with E-state index < -0.39 is 4.92 Å². The minimum absolute atomic E-state index is 0.0620. The lowest BCUT2D eigenvalue weighted by atomic mass is 10.2. The van der Waals surface area contributed by atoms with Crippen LogP contribution in [0.4, 0.5) is 5.69 Å². The lowest BCUT2D eigenvalue weighted by Gasteiger charge is -2.07. The molecule has 1 heterocycles. The zero-order valence-corrected chi connectivity index (χ0v) is 12.4. The third kappa shape index (κ3) is 3.53. The molecule has 0 saturated heterocycles. The number of aromatic nitrogens is 2. The third-order valence-electron chi connectivity index (χ3n) is 2.77. The van der Waals surface area contributed by atoms with Crippen molar-refractivity contribution < 1.29 is 9.66 Å². The van der Waals surface area contributed by atoms with E-state index in [1.807, 2.05) is 0 Å². The minimum atomic E-state index is -0.454. The van der Waals surface area contributed by atoms with E-state index in [0.29, 0.717) is 23.7 Å². The Balaban J connectivity index is 2.40. The number of aryl methyl sites for hydroxylation is 1. The molecular formula is C13H16N4O3S. The largest absolute Gasteiger partial charge is 0.487 e. The van der Waals surface area contributed by atoms with Gasteiger partial charge in [0, 0.05) is 12.5 Å². The molecule has 0 aliphatic carbocycles. The van der Waals surface area contributed by atoms with Crippen LogP contribution in [0.3, 0.4) is 0 Å². The summed E-state index contributed by atoms with van der Waals surface area (Å²) in [5.74, 6) is 0.242. The van der Waals surface area contributed by atoms with Crippen molar-refractivity contribution in [1.29, 1.82) is 0 Å².